The van der Waals surface area contributed by atoms with E-state index in [1.54, 1.807) is 6.92 Å². The fraction of sp³-hybridized carbons (Fsp3) is 0.400. The monoisotopic (exact) mass is 274 g/mol. The number of nitrogens with zero attached hydrogens (tertiary/aromatic N) is 2. The lowest BCUT2D eigenvalue weighted by Crippen LogP contribution is -2.37. The molecule has 0 heterocycles. The van der Waals surface area contributed by atoms with Crippen molar-refractivity contribution in [1.29, 1.82) is 0 Å². The number of nitro benzene ring substituents is 1. The molecular formula is C10H14N2O5S. The normalized spacial score (nSPS) is 13.6. The molecule has 0 amide bonds. The number of hydrogen-bond donors (Lipinski definition) is 1. The molecule has 0 bridgehead atoms. The second-order valence-corrected chi connectivity index (χ2v) is 5.80. The summed E-state index contributed by atoms with van der Waals surface area (Å²) in [6.07, 6.45) is 0. The quantitative estimate of drug-likeness (QED) is 0.625. The van der Waals surface area contributed by atoms with Crippen LogP contribution in [0.25, 0.3) is 0 Å². The summed E-state index contributed by atoms with van der Waals surface area (Å²) < 4.78 is 25.1. The van der Waals surface area contributed by atoms with Gasteiger partial charge in [0.1, 0.15) is 0 Å². The molecule has 18 heavy (non-hydrogen) atoms. The minimum Gasteiger partial charge on any atom is -0.395 e. The number of hydrogen-bond acceptors (Lipinski definition) is 5. The average molecular weight is 274 g/mol. The van der Waals surface area contributed by atoms with E-state index in [4.69, 9.17) is 5.11 Å². The van der Waals surface area contributed by atoms with Gasteiger partial charge in [0.25, 0.3) is 5.69 Å². The van der Waals surface area contributed by atoms with Gasteiger partial charge in [-0.2, -0.15) is 4.31 Å². The van der Waals surface area contributed by atoms with Crippen LogP contribution in [-0.4, -0.2) is 42.4 Å². The molecule has 100 valence electrons. The second kappa shape index (κ2) is 5.42. The van der Waals surface area contributed by atoms with Crippen LogP contribution in [0.2, 0.25) is 0 Å². The van der Waals surface area contributed by atoms with Crippen molar-refractivity contribution in [3.05, 3.63) is 34.4 Å². The number of benzene rings is 1. The topological polar surface area (TPSA) is 101 Å². The van der Waals surface area contributed by atoms with Crippen molar-refractivity contribution in [2.24, 2.45) is 0 Å². The number of aliphatic hydroxyl groups excluding tert-OH is 1. The van der Waals surface area contributed by atoms with Crippen LogP contribution in [0.3, 0.4) is 0 Å². The summed E-state index contributed by atoms with van der Waals surface area (Å²) in [6.45, 7) is 1.26. The molecule has 0 aliphatic carbocycles. The predicted octanol–water partition coefficient (Wildman–Crippen LogP) is 0.596. The van der Waals surface area contributed by atoms with Crippen molar-refractivity contribution < 1.29 is 18.4 Å². The molecule has 1 aromatic rings. The van der Waals surface area contributed by atoms with E-state index in [1.807, 2.05) is 0 Å². The molecule has 7 nitrogen and oxygen atoms in total. The third kappa shape index (κ3) is 2.84. The van der Waals surface area contributed by atoms with Gasteiger partial charge in [0, 0.05) is 25.2 Å². The Kier molecular flexibility index (Phi) is 4.38. The molecule has 0 saturated carbocycles. The Bertz CT molecular complexity index is 526. The summed E-state index contributed by atoms with van der Waals surface area (Å²) in [4.78, 5) is 9.82. The van der Waals surface area contributed by atoms with Gasteiger partial charge in [0.05, 0.1) is 16.4 Å². The van der Waals surface area contributed by atoms with Gasteiger partial charge < -0.3 is 5.11 Å². The van der Waals surface area contributed by atoms with Gasteiger partial charge in [-0.3, -0.25) is 10.1 Å². The molecule has 0 aliphatic rings. The maximum atomic E-state index is 12.1. The predicted molar refractivity (Wildman–Crippen MR) is 64.6 cm³/mol. The van der Waals surface area contributed by atoms with Crippen LogP contribution in [-0.2, 0) is 10.0 Å². The Morgan fingerprint density at radius 3 is 2.28 bits per heavy atom. The van der Waals surface area contributed by atoms with Gasteiger partial charge in [-0.1, -0.05) is 0 Å². The Balaban J connectivity index is 3.09. The maximum absolute atomic E-state index is 12.1. The van der Waals surface area contributed by atoms with E-state index in [0.29, 0.717) is 0 Å². The summed E-state index contributed by atoms with van der Waals surface area (Å²) in [7, 11) is -2.40. The zero-order chi connectivity index (χ0) is 13.9. The van der Waals surface area contributed by atoms with Crippen molar-refractivity contribution in [2.75, 3.05) is 13.7 Å². The smallest absolute Gasteiger partial charge is 0.269 e. The lowest BCUT2D eigenvalue weighted by molar-refractivity contribution is -0.384. The first-order valence-corrected chi connectivity index (χ1v) is 6.58. The highest BCUT2D eigenvalue weighted by atomic mass is 32.2. The van der Waals surface area contributed by atoms with Crippen LogP contribution >= 0.6 is 0 Å². The SMILES string of the molecule is CC(CO)N(C)S(=O)(=O)c1ccc([N+](=O)[O-])cc1. The van der Waals surface area contributed by atoms with Crippen molar-refractivity contribution in [1.82, 2.24) is 4.31 Å². The molecule has 0 spiro atoms. The highest BCUT2D eigenvalue weighted by molar-refractivity contribution is 7.89. The first-order valence-electron chi connectivity index (χ1n) is 5.14. The maximum Gasteiger partial charge on any atom is 0.269 e. The molecule has 1 N–H and O–H groups in total. The lowest BCUT2D eigenvalue weighted by Gasteiger charge is -2.22. The van der Waals surface area contributed by atoms with Gasteiger partial charge in [-0.25, -0.2) is 8.42 Å². The first-order chi connectivity index (χ1) is 8.30. The van der Waals surface area contributed by atoms with Gasteiger partial charge in [-0.15, -0.1) is 0 Å². The van der Waals surface area contributed by atoms with Crippen LogP contribution in [0, 0.1) is 10.1 Å². The van der Waals surface area contributed by atoms with Gasteiger partial charge >= 0.3 is 0 Å². The molecule has 1 unspecified atom stereocenters. The van der Waals surface area contributed by atoms with E-state index in [-0.39, 0.29) is 17.2 Å². The lowest BCUT2D eigenvalue weighted by atomic mass is 10.3. The molecule has 0 aromatic heterocycles. The molecule has 1 aromatic carbocycles. The van der Waals surface area contributed by atoms with Crippen LogP contribution < -0.4 is 0 Å². The third-order valence-corrected chi connectivity index (χ3v) is 4.60. The Morgan fingerprint density at radius 2 is 1.89 bits per heavy atom. The number of non-ortho nitro benzene ring substituents is 1. The van der Waals surface area contributed by atoms with Crippen molar-refractivity contribution in [3.63, 3.8) is 0 Å². The van der Waals surface area contributed by atoms with E-state index in [1.165, 1.54) is 19.2 Å². The van der Waals surface area contributed by atoms with E-state index in [0.717, 1.165) is 16.4 Å². The molecule has 0 aliphatic heterocycles. The fourth-order valence-corrected chi connectivity index (χ4v) is 2.61. The average Bonchev–Trinajstić information content (AvgIpc) is 2.36. The van der Waals surface area contributed by atoms with Crippen LogP contribution in [0.5, 0.6) is 0 Å². The first kappa shape index (κ1) is 14.6. The summed E-state index contributed by atoms with van der Waals surface area (Å²) in [5.74, 6) is 0. The van der Waals surface area contributed by atoms with Gasteiger partial charge in [0.15, 0.2) is 0 Å². The number of likely N-dealkylation sites (N-methyl/N-ethyl adjacent to an activating group) is 1. The molecule has 1 atom stereocenters. The number of nitro groups is 1. The summed E-state index contributed by atoms with van der Waals surface area (Å²) in [5, 5.41) is 19.4. The minimum absolute atomic E-state index is 0.0455. The molecule has 0 fully saturated rings. The minimum atomic E-state index is -3.74. The van der Waals surface area contributed by atoms with Crippen molar-refractivity contribution in [3.8, 4) is 0 Å². The van der Waals surface area contributed by atoms with Crippen LogP contribution in [0.4, 0.5) is 5.69 Å². The summed E-state index contributed by atoms with van der Waals surface area (Å²) in [6, 6.07) is 4.04. The third-order valence-electron chi connectivity index (χ3n) is 2.61. The van der Waals surface area contributed by atoms with E-state index in [9.17, 15) is 18.5 Å². The van der Waals surface area contributed by atoms with E-state index in [2.05, 4.69) is 0 Å². The number of sulfonamides is 1. The number of rotatable bonds is 5. The Morgan fingerprint density at radius 1 is 1.39 bits per heavy atom. The molecule has 0 saturated heterocycles. The highest BCUT2D eigenvalue weighted by Gasteiger charge is 2.25. The molecule has 0 radical (unpaired) electrons. The van der Waals surface area contributed by atoms with Gasteiger partial charge in [0.2, 0.25) is 10.0 Å². The Labute approximate surface area is 105 Å². The Hall–Kier alpha value is -1.51. The van der Waals surface area contributed by atoms with Gasteiger partial charge in [-0.05, 0) is 19.1 Å². The van der Waals surface area contributed by atoms with Crippen LogP contribution in [0.1, 0.15) is 6.92 Å². The van der Waals surface area contributed by atoms with E-state index >= 15 is 0 Å². The second-order valence-electron chi connectivity index (χ2n) is 3.80. The van der Waals surface area contributed by atoms with Crippen molar-refractivity contribution in [2.45, 2.75) is 17.9 Å². The zero-order valence-corrected chi connectivity index (χ0v) is 10.8. The van der Waals surface area contributed by atoms with E-state index < -0.39 is 21.0 Å². The summed E-state index contributed by atoms with van der Waals surface area (Å²) in [5.41, 5.74) is -0.174. The fourth-order valence-electron chi connectivity index (χ4n) is 1.26. The zero-order valence-electron chi connectivity index (χ0n) is 9.98. The van der Waals surface area contributed by atoms with Crippen molar-refractivity contribution >= 4 is 15.7 Å². The standard InChI is InChI=1S/C10H14N2O5S/c1-8(7-13)11(2)18(16,17)10-5-3-9(4-6-10)12(14)15/h3-6,8,13H,7H2,1-2H3. The molecule has 1 rings (SSSR count). The summed E-state index contributed by atoms with van der Waals surface area (Å²) >= 11 is 0. The largest absolute Gasteiger partial charge is 0.395 e. The van der Waals surface area contributed by atoms with Crippen LogP contribution in [0.15, 0.2) is 29.2 Å². The molecule has 8 heteroatoms. The molecular weight excluding hydrogens is 260 g/mol. The highest BCUT2D eigenvalue weighted by Crippen LogP contribution is 2.19. The number of aliphatic hydroxyl groups is 1.